The zero-order valence-corrected chi connectivity index (χ0v) is 7.38. The molecule has 0 aliphatic carbocycles. The maximum absolute atomic E-state index is 10.4. The second-order valence-electron chi connectivity index (χ2n) is 1.69. The Hall–Kier alpha value is -0.300. The van der Waals surface area contributed by atoms with E-state index in [2.05, 4.69) is 8.83 Å². The van der Waals surface area contributed by atoms with Gasteiger partial charge in [-0.25, -0.2) is 4.79 Å². The summed E-state index contributed by atoms with van der Waals surface area (Å²) >= 11 is 1.71. The Morgan fingerprint density at radius 3 is 2.70 bits per heavy atom. The van der Waals surface area contributed by atoms with E-state index in [1.165, 1.54) is 0 Å². The average molecular weight is 256 g/mol. The molecular weight excluding hydrogens is 251 g/mol. The van der Waals surface area contributed by atoms with Gasteiger partial charge in [-0.15, -0.1) is 0 Å². The maximum Gasteiger partial charge on any atom is 0.519 e. The Morgan fingerprint density at radius 1 is 1.60 bits per heavy atom. The summed E-state index contributed by atoms with van der Waals surface area (Å²) in [6.45, 7) is 1.91. The van der Waals surface area contributed by atoms with Gasteiger partial charge in [-0.3, -0.25) is 0 Å². The van der Waals surface area contributed by atoms with E-state index in [0.717, 1.165) is 0 Å². The molecule has 1 aromatic rings. The van der Waals surface area contributed by atoms with Crippen LogP contribution in [-0.2, 0) is 9.67 Å². The minimum absolute atomic E-state index is 0.262. The van der Waals surface area contributed by atoms with Crippen molar-refractivity contribution < 1.29 is 11.9 Å². The van der Waals surface area contributed by atoms with Crippen molar-refractivity contribution in [1.29, 1.82) is 0 Å². The van der Waals surface area contributed by atoms with Crippen LogP contribution in [0.5, 0.6) is 0 Å². The minimum atomic E-state index is -0.680. The van der Waals surface area contributed by atoms with Gasteiger partial charge in [0.05, 0.1) is 0 Å². The van der Waals surface area contributed by atoms with Gasteiger partial charge in [-0.2, -0.15) is 0 Å². The van der Waals surface area contributed by atoms with Gasteiger partial charge in [0, 0.05) is 0 Å². The highest BCUT2D eigenvalue weighted by Gasteiger charge is 2.06. The van der Waals surface area contributed by atoms with Gasteiger partial charge in [0.25, 0.3) is 0 Å². The molecule has 0 amide bonds. The summed E-state index contributed by atoms with van der Waals surface area (Å²) in [4.78, 5) is 10.4. The van der Waals surface area contributed by atoms with Gasteiger partial charge in [0.1, 0.15) is 35.4 Å². The van der Waals surface area contributed by atoms with E-state index in [1.54, 1.807) is 29.9 Å². The first-order valence-corrected chi connectivity index (χ1v) is 3.45. The van der Waals surface area contributed by atoms with Gasteiger partial charge in [0.2, 0.25) is 0 Å². The first-order valence-electron chi connectivity index (χ1n) is 2.57. The third kappa shape index (κ3) is 1.60. The van der Waals surface area contributed by atoms with Crippen molar-refractivity contribution in [2.45, 2.75) is 13.5 Å². The predicted octanol–water partition coefficient (Wildman–Crippen LogP) is 1.41. The zero-order valence-electron chi connectivity index (χ0n) is 5.22. The molecule has 0 atom stereocenters. The van der Waals surface area contributed by atoms with Crippen LogP contribution in [0, 0.1) is 6.92 Å². The van der Waals surface area contributed by atoms with Crippen LogP contribution in [0.3, 0.4) is 0 Å². The van der Waals surface area contributed by atoms with Crippen LogP contribution >= 0.6 is 23.0 Å². The van der Waals surface area contributed by atoms with Crippen molar-refractivity contribution in [1.82, 2.24) is 0 Å². The average Bonchev–Trinajstić information content (AvgIpc) is 2.13. The van der Waals surface area contributed by atoms with E-state index in [0.29, 0.717) is 11.5 Å². The van der Waals surface area contributed by atoms with Crippen LogP contribution < -0.4 is 5.82 Å². The molecule has 0 spiro atoms. The Bertz CT molecular complexity index is 261. The molecule has 0 aliphatic heterocycles. The summed E-state index contributed by atoms with van der Waals surface area (Å²) in [7, 11) is 0. The molecule has 10 heavy (non-hydrogen) atoms. The highest BCUT2D eigenvalue weighted by atomic mass is 127. The number of rotatable bonds is 2. The highest BCUT2D eigenvalue weighted by Crippen LogP contribution is 2.07. The van der Waals surface area contributed by atoms with Crippen LogP contribution in [0.1, 0.15) is 11.5 Å². The van der Waals surface area contributed by atoms with E-state index >= 15 is 0 Å². The molecular formula is C5H5IO4. The minimum Gasteiger partial charge on any atom is -0.396 e. The van der Waals surface area contributed by atoms with E-state index in [9.17, 15) is 4.79 Å². The second kappa shape index (κ2) is 3.20. The molecule has 0 saturated carbocycles. The fourth-order valence-electron chi connectivity index (χ4n) is 0.556. The fraction of sp³-hybridized carbons (Fsp3) is 0.400. The zero-order chi connectivity index (χ0) is 7.56. The van der Waals surface area contributed by atoms with Crippen molar-refractivity contribution >= 4 is 23.0 Å². The molecule has 1 rings (SSSR count). The Morgan fingerprint density at radius 2 is 2.30 bits per heavy atom. The van der Waals surface area contributed by atoms with Crippen molar-refractivity contribution in [2.24, 2.45) is 0 Å². The number of aryl methyl sites for hydroxylation is 1. The molecule has 56 valence electrons. The van der Waals surface area contributed by atoms with E-state index < -0.39 is 5.82 Å². The summed E-state index contributed by atoms with van der Waals surface area (Å²) in [6.07, 6.45) is 0. The Balaban J connectivity index is 2.92. The third-order valence-corrected chi connectivity index (χ3v) is 1.33. The smallest absolute Gasteiger partial charge is 0.396 e. The molecule has 0 aromatic carbocycles. The van der Waals surface area contributed by atoms with Crippen LogP contribution in [-0.4, -0.2) is 0 Å². The molecule has 0 unspecified atom stereocenters. The third-order valence-electron chi connectivity index (χ3n) is 1.02. The predicted molar refractivity (Wildman–Crippen MR) is 40.8 cm³/mol. The lowest BCUT2D eigenvalue weighted by Crippen LogP contribution is -1.86. The second-order valence-corrected chi connectivity index (χ2v) is 2.31. The van der Waals surface area contributed by atoms with E-state index in [1.807, 2.05) is 0 Å². The lowest BCUT2D eigenvalue weighted by atomic mass is 10.4. The molecule has 0 aliphatic rings. The molecule has 0 N–H and O–H groups in total. The van der Waals surface area contributed by atoms with Crippen molar-refractivity contribution in [3.63, 3.8) is 0 Å². The monoisotopic (exact) mass is 256 g/mol. The Kier molecular flexibility index (Phi) is 2.50. The first-order chi connectivity index (χ1) is 4.74. The van der Waals surface area contributed by atoms with Crippen LogP contribution in [0.25, 0.3) is 0 Å². The van der Waals surface area contributed by atoms with E-state index in [4.69, 9.17) is 3.07 Å². The fourth-order valence-corrected chi connectivity index (χ4v) is 0.839. The lowest BCUT2D eigenvalue weighted by Gasteiger charge is -1.87. The molecule has 5 heteroatoms. The van der Waals surface area contributed by atoms with Gasteiger partial charge in [-0.1, -0.05) is 0 Å². The summed E-state index contributed by atoms with van der Waals surface area (Å²) in [6, 6.07) is 0. The molecule has 4 nitrogen and oxygen atoms in total. The number of halogens is 1. The van der Waals surface area contributed by atoms with Crippen molar-refractivity contribution in [3.8, 4) is 0 Å². The van der Waals surface area contributed by atoms with Crippen molar-refractivity contribution in [3.05, 3.63) is 22.1 Å². The molecule has 0 saturated heterocycles. The first kappa shape index (κ1) is 7.80. The van der Waals surface area contributed by atoms with Gasteiger partial charge >= 0.3 is 5.82 Å². The molecule has 0 bridgehead atoms. The topological polar surface area (TPSA) is 52.6 Å². The molecule has 0 fully saturated rings. The van der Waals surface area contributed by atoms with E-state index in [-0.39, 0.29) is 6.61 Å². The maximum atomic E-state index is 10.4. The standard InChI is InChI=1S/C5H5IO4/c1-3-4(2-8-6)10-5(7)9-3/h2H2,1H3. The number of hydrogen-bond donors (Lipinski definition) is 0. The van der Waals surface area contributed by atoms with Crippen LogP contribution in [0.4, 0.5) is 0 Å². The van der Waals surface area contributed by atoms with Crippen LogP contribution in [0.15, 0.2) is 13.6 Å². The van der Waals surface area contributed by atoms with Gasteiger partial charge in [0.15, 0.2) is 5.76 Å². The summed E-state index contributed by atoms with van der Waals surface area (Å²) in [5.41, 5.74) is 0. The summed E-state index contributed by atoms with van der Waals surface area (Å²) in [5, 5.41) is 0. The normalized spacial score (nSPS) is 10.2. The SMILES string of the molecule is Cc1oc(=O)oc1COI. The quantitative estimate of drug-likeness (QED) is 0.750. The lowest BCUT2D eigenvalue weighted by molar-refractivity contribution is 0.324. The largest absolute Gasteiger partial charge is 0.519 e. The molecule has 1 heterocycles. The molecule has 1 aromatic heterocycles. The van der Waals surface area contributed by atoms with Gasteiger partial charge in [-0.05, 0) is 6.92 Å². The number of hydrogen-bond acceptors (Lipinski definition) is 4. The summed E-state index contributed by atoms with van der Waals surface area (Å²) < 4.78 is 13.9. The van der Waals surface area contributed by atoms with Gasteiger partial charge < -0.3 is 11.9 Å². The molecule has 0 radical (unpaired) electrons. The Labute approximate surface area is 70.8 Å². The van der Waals surface area contributed by atoms with Crippen LogP contribution in [0.2, 0.25) is 0 Å². The van der Waals surface area contributed by atoms with Crippen molar-refractivity contribution in [2.75, 3.05) is 0 Å². The highest BCUT2D eigenvalue weighted by molar-refractivity contribution is 14.1. The summed E-state index contributed by atoms with van der Waals surface area (Å²) in [5.74, 6) is 0.238.